The first kappa shape index (κ1) is 23.5. The monoisotopic (exact) mass is 453 g/mol. The predicted octanol–water partition coefficient (Wildman–Crippen LogP) is 4.61. The van der Waals surface area contributed by atoms with Crippen molar-refractivity contribution in [2.24, 2.45) is 5.41 Å². The standard InChI is InChI=1S/C22H26F3N3O2S/c1-3-30-19(29)21(12-16-5-4-6-18(11-16)22(23,24)25)7-9-28(10-8-21)15-17-13-26-20(31-2)27-14-17/h4-6,11,13-14H,3,7-10,12,15H2,1-2H3. The maximum atomic E-state index is 13.1. The van der Waals surface area contributed by atoms with Crippen molar-refractivity contribution in [1.29, 1.82) is 0 Å². The quantitative estimate of drug-likeness (QED) is 0.347. The van der Waals surface area contributed by atoms with Gasteiger partial charge in [0.05, 0.1) is 17.6 Å². The van der Waals surface area contributed by atoms with Crippen molar-refractivity contribution in [3.63, 3.8) is 0 Å². The lowest BCUT2D eigenvalue weighted by atomic mass is 9.73. The third kappa shape index (κ3) is 5.98. The van der Waals surface area contributed by atoms with Crippen molar-refractivity contribution in [3.05, 3.63) is 53.3 Å². The normalized spacial score (nSPS) is 16.8. The van der Waals surface area contributed by atoms with Crippen LogP contribution in [-0.4, -0.2) is 46.8 Å². The average molecular weight is 454 g/mol. The zero-order valence-electron chi connectivity index (χ0n) is 17.6. The molecule has 0 radical (unpaired) electrons. The number of hydrogen-bond acceptors (Lipinski definition) is 6. The summed E-state index contributed by atoms with van der Waals surface area (Å²) in [6.07, 6.45) is 2.37. The van der Waals surface area contributed by atoms with Gasteiger partial charge in [0.15, 0.2) is 5.16 Å². The summed E-state index contributed by atoms with van der Waals surface area (Å²) in [4.78, 5) is 23.6. The first-order valence-corrected chi connectivity index (χ1v) is 11.4. The molecule has 31 heavy (non-hydrogen) atoms. The lowest BCUT2D eigenvalue weighted by Crippen LogP contribution is -2.46. The van der Waals surface area contributed by atoms with Crippen LogP contribution >= 0.6 is 11.8 Å². The first-order chi connectivity index (χ1) is 14.8. The highest BCUT2D eigenvalue weighted by Gasteiger charge is 2.43. The SMILES string of the molecule is CCOC(=O)C1(Cc2cccc(C(F)(F)F)c2)CCN(Cc2cnc(SC)nc2)CC1. The Morgan fingerprint density at radius 2 is 1.87 bits per heavy atom. The zero-order chi connectivity index (χ0) is 22.5. The van der Waals surface area contributed by atoms with Gasteiger partial charge in [0.2, 0.25) is 0 Å². The number of piperidine rings is 1. The largest absolute Gasteiger partial charge is 0.466 e. The van der Waals surface area contributed by atoms with Gasteiger partial charge in [0.25, 0.3) is 0 Å². The lowest BCUT2D eigenvalue weighted by Gasteiger charge is -2.40. The smallest absolute Gasteiger partial charge is 0.416 e. The van der Waals surface area contributed by atoms with E-state index >= 15 is 0 Å². The second kappa shape index (κ2) is 9.99. The van der Waals surface area contributed by atoms with E-state index in [2.05, 4.69) is 14.9 Å². The predicted molar refractivity (Wildman–Crippen MR) is 113 cm³/mol. The van der Waals surface area contributed by atoms with E-state index in [1.807, 2.05) is 6.26 Å². The summed E-state index contributed by atoms with van der Waals surface area (Å²) < 4.78 is 44.7. The summed E-state index contributed by atoms with van der Waals surface area (Å²) in [5.74, 6) is -0.334. The molecule has 1 saturated heterocycles. The van der Waals surface area contributed by atoms with Crippen molar-refractivity contribution in [2.45, 2.75) is 44.1 Å². The van der Waals surface area contributed by atoms with E-state index in [1.54, 1.807) is 25.4 Å². The van der Waals surface area contributed by atoms with E-state index in [0.717, 1.165) is 17.7 Å². The van der Waals surface area contributed by atoms with Crippen LogP contribution in [0, 0.1) is 5.41 Å². The van der Waals surface area contributed by atoms with E-state index in [-0.39, 0.29) is 19.0 Å². The van der Waals surface area contributed by atoms with Gasteiger partial charge in [0.1, 0.15) is 0 Å². The van der Waals surface area contributed by atoms with E-state index in [4.69, 9.17) is 4.74 Å². The van der Waals surface area contributed by atoms with Gasteiger partial charge in [0, 0.05) is 24.5 Å². The molecule has 1 aliphatic rings. The summed E-state index contributed by atoms with van der Waals surface area (Å²) in [6, 6.07) is 5.23. The van der Waals surface area contributed by atoms with Crippen LogP contribution in [0.4, 0.5) is 13.2 Å². The number of alkyl halides is 3. The van der Waals surface area contributed by atoms with Gasteiger partial charge in [-0.15, -0.1) is 0 Å². The number of ether oxygens (including phenoxy) is 1. The Balaban J connectivity index is 1.72. The second-order valence-electron chi connectivity index (χ2n) is 7.73. The molecule has 168 valence electrons. The van der Waals surface area contributed by atoms with Gasteiger partial charge < -0.3 is 4.74 Å². The molecule has 0 atom stereocenters. The minimum Gasteiger partial charge on any atom is -0.466 e. The Labute approximate surface area is 184 Å². The van der Waals surface area contributed by atoms with E-state index in [0.29, 0.717) is 43.2 Å². The summed E-state index contributed by atoms with van der Waals surface area (Å²) in [5, 5.41) is 0.713. The van der Waals surface area contributed by atoms with Crippen LogP contribution in [0.3, 0.4) is 0 Å². The van der Waals surface area contributed by atoms with Crippen molar-refractivity contribution in [3.8, 4) is 0 Å². The van der Waals surface area contributed by atoms with Crippen molar-refractivity contribution in [2.75, 3.05) is 26.0 Å². The van der Waals surface area contributed by atoms with Gasteiger partial charge in [-0.2, -0.15) is 13.2 Å². The summed E-state index contributed by atoms with van der Waals surface area (Å²) in [5.41, 5.74) is -0.0394. The van der Waals surface area contributed by atoms with Gasteiger partial charge in [-0.25, -0.2) is 9.97 Å². The molecule has 0 spiro atoms. The topological polar surface area (TPSA) is 55.3 Å². The highest BCUT2D eigenvalue weighted by Crippen LogP contribution is 2.38. The van der Waals surface area contributed by atoms with Crippen LogP contribution in [0.5, 0.6) is 0 Å². The van der Waals surface area contributed by atoms with Gasteiger partial charge >= 0.3 is 12.1 Å². The molecule has 1 aromatic heterocycles. The molecule has 0 bridgehead atoms. The molecule has 3 rings (SSSR count). The number of esters is 1. The number of halogens is 3. The molecule has 0 N–H and O–H groups in total. The minimum atomic E-state index is -4.41. The second-order valence-corrected chi connectivity index (χ2v) is 8.50. The Morgan fingerprint density at radius 3 is 2.45 bits per heavy atom. The van der Waals surface area contributed by atoms with E-state index < -0.39 is 17.2 Å². The molecule has 0 unspecified atom stereocenters. The molecule has 9 heteroatoms. The van der Waals surface area contributed by atoms with Crippen molar-refractivity contribution in [1.82, 2.24) is 14.9 Å². The number of aromatic nitrogens is 2. The minimum absolute atomic E-state index is 0.231. The maximum Gasteiger partial charge on any atom is 0.416 e. The van der Waals surface area contributed by atoms with E-state index in [1.165, 1.54) is 17.8 Å². The molecule has 1 aromatic carbocycles. The molecule has 2 aromatic rings. The third-order valence-electron chi connectivity index (χ3n) is 5.59. The highest BCUT2D eigenvalue weighted by atomic mass is 32.2. The van der Waals surface area contributed by atoms with E-state index in [9.17, 15) is 18.0 Å². The Hall–Kier alpha value is -2.13. The fourth-order valence-electron chi connectivity index (χ4n) is 3.91. The number of thioether (sulfide) groups is 1. The third-order valence-corrected chi connectivity index (χ3v) is 6.16. The van der Waals surface area contributed by atoms with Crippen LogP contribution < -0.4 is 0 Å². The maximum absolute atomic E-state index is 13.1. The first-order valence-electron chi connectivity index (χ1n) is 10.2. The summed E-state index contributed by atoms with van der Waals surface area (Å²) >= 11 is 1.48. The van der Waals surface area contributed by atoms with Gasteiger partial charge in [-0.1, -0.05) is 30.0 Å². The molecular weight excluding hydrogens is 427 g/mol. The van der Waals surface area contributed by atoms with Crippen LogP contribution in [-0.2, 0) is 28.7 Å². The molecule has 1 aliphatic heterocycles. The lowest BCUT2D eigenvalue weighted by molar-refractivity contribution is -0.158. The number of rotatable bonds is 7. The molecule has 1 fully saturated rings. The molecule has 0 amide bonds. The highest BCUT2D eigenvalue weighted by molar-refractivity contribution is 7.98. The number of carbonyl (C=O) groups is 1. The molecule has 5 nitrogen and oxygen atoms in total. The van der Waals surface area contributed by atoms with Crippen LogP contribution in [0.1, 0.15) is 36.5 Å². The number of likely N-dealkylation sites (tertiary alicyclic amines) is 1. The van der Waals surface area contributed by atoms with Crippen LogP contribution in [0.25, 0.3) is 0 Å². The van der Waals surface area contributed by atoms with Crippen LogP contribution in [0.2, 0.25) is 0 Å². The Morgan fingerprint density at radius 1 is 1.19 bits per heavy atom. The van der Waals surface area contributed by atoms with Crippen molar-refractivity contribution < 1.29 is 22.7 Å². The fraction of sp³-hybridized carbons (Fsp3) is 0.500. The van der Waals surface area contributed by atoms with Gasteiger partial charge in [-0.3, -0.25) is 9.69 Å². The molecule has 0 saturated carbocycles. The fourth-order valence-corrected chi connectivity index (χ4v) is 4.23. The number of benzene rings is 1. The van der Waals surface area contributed by atoms with Crippen molar-refractivity contribution >= 4 is 17.7 Å². The summed E-state index contributed by atoms with van der Waals surface area (Å²) in [6.45, 7) is 3.93. The van der Waals surface area contributed by atoms with Gasteiger partial charge in [-0.05, 0) is 57.2 Å². The summed E-state index contributed by atoms with van der Waals surface area (Å²) in [7, 11) is 0. The average Bonchev–Trinajstić information content (AvgIpc) is 2.75. The Bertz CT molecular complexity index is 882. The van der Waals surface area contributed by atoms with Crippen LogP contribution in [0.15, 0.2) is 41.8 Å². The number of hydrogen-bond donors (Lipinski definition) is 0. The molecule has 0 aliphatic carbocycles. The zero-order valence-corrected chi connectivity index (χ0v) is 18.4. The Kier molecular flexibility index (Phi) is 7.59. The number of nitrogens with zero attached hydrogens (tertiary/aromatic N) is 3. The molecule has 2 heterocycles. The molecular formula is C22H26F3N3O2S. The number of carbonyl (C=O) groups excluding carboxylic acids is 1.